The van der Waals surface area contributed by atoms with Crippen LogP contribution in [0.25, 0.3) is 0 Å². The second kappa shape index (κ2) is 10.5. The molecule has 0 N–H and O–H groups in total. The Kier molecular flexibility index (Phi) is 7.01. The standard InChI is InChI=1S/C30H36N2/c1-5-13-25(14-6-1)21-29(30-24-32(30)28-19-11-4-12-20-28)31(22-26-15-7-2-8-16-26)23-27-17-9-3-10-18-27/h1-3,5-10,13-18,28-30H,4,11-12,19-24H2/t29-,30-,32?/m0/s1. The van der Waals surface area contributed by atoms with Crippen LogP contribution in [0.2, 0.25) is 0 Å². The van der Waals surface area contributed by atoms with Gasteiger partial charge in [-0.25, -0.2) is 0 Å². The third-order valence-electron chi connectivity index (χ3n) is 7.39. The van der Waals surface area contributed by atoms with E-state index < -0.39 is 0 Å². The van der Waals surface area contributed by atoms with Gasteiger partial charge in [0.15, 0.2) is 0 Å². The Morgan fingerprint density at radius 1 is 0.656 bits per heavy atom. The number of nitrogens with zero attached hydrogens (tertiary/aromatic N) is 2. The molecule has 1 aliphatic heterocycles. The van der Waals surface area contributed by atoms with E-state index in [1.54, 1.807) is 0 Å². The molecule has 1 heterocycles. The van der Waals surface area contributed by atoms with Crippen LogP contribution in [0.15, 0.2) is 91.0 Å². The molecule has 1 saturated heterocycles. The average Bonchev–Trinajstić information content (AvgIpc) is 3.65. The van der Waals surface area contributed by atoms with Crippen molar-refractivity contribution in [3.8, 4) is 0 Å². The molecule has 166 valence electrons. The van der Waals surface area contributed by atoms with Gasteiger partial charge in [-0.05, 0) is 36.0 Å². The first-order valence-electron chi connectivity index (χ1n) is 12.5. The fraction of sp³-hybridized carbons (Fsp3) is 0.400. The van der Waals surface area contributed by atoms with E-state index in [0.717, 1.165) is 25.6 Å². The van der Waals surface area contributed by atoms with Gasteiger partial charge in [-0.15, -0.1) is 0 Å². The zero-order chi connectivity index (χ0) is 21.6. The maximum Gasteiger partial charge on any atom is 0.0386 e. The van der Waals surface area contributed by atoms with Crippen LogP contribution in [0.5, 0.6) is 0 Å². The highest BCUT2D eigenvalue weighted by Gasteiger charge is 2.46. The molecule has 2 heteroatoms. The van der Waals surface area contributed by atoms with Crippen molar-refractivity contribution in [1.29, 1.82) is 0 Å². The Morgan fingerprint density at radius 2 is 1.16 bits per heavy atom. The number of rotatable bonds is 9. The van der Waals surface area contributed by atoms with Crippen molar-refractivity contribution < 1.29 is 0 Å². The number of hydrogen-bond acceptors (Lipinski definition) is 2. The van der Waals surface area contributed by atoms with Crippen LogP contribution >= 0.6 is 0 Å². The second-order valence-corrected chi connectivity index (χ2v) is 9.69. The molecule has 0 radical (unpaired) electrons. The summed E-state index contributed by atoms with van der Waals surface area (Å²) in [4.78, 5) is 5.58. The van der Waals surface area contributed by atoms with Gasteiger partial charge in [0.25, 0.3) is 0 Å². The molecule has 3 aromatic carbocycles. The molecule has 0 aromatic heterocycles. The predicted octanol–water partition coefficient (Wildman–Crippen LogP) is 6.32. The predicted molar refractivity (Wildman–Crippen MR) is 133 cm³/mol. The maximum absolute atomic E-state index is 2.83. The molecule has 3 aromatic rings. The maximum atomic E-state index is 2.83. The number of hydrogen-bond donors (Lipinski definition) is 0. The first-order chi connectivity index (χ1) is 15.9. The van der Waals surface area contributed by atoms with Crippen LogP contribution < -0.4 is 0 Å². The van der Waals surface area contributed by atoms with Crippen LogP contribution in [0, 0.1) is 0 Å². The topological polar surface area (TPSA) is 6.25 Å². The summed E-state index contributed by atoms with van der Waals surface area (Å²) in [5.41, 5.74) is 4.27. The number of benzene rings is 3. The highest BCUT2D eigenvalue weighted by molar-refractivity contribution is 5.21. The highest BCUT2D eigenvalue weighted by Crippen LogP contribution is 2.36. The van der Waals surface area contributed by atoms with Gasteiger partial charge >= 0.3 is 0 Å². The van der Waals surface area contributed by atoms with Crippen LogP contribution in [-0.2, 0) is 19.5 Å². The minimum Gasteiger partial charge on any atom is -0.293 e. The molecule has 0 amide bonds. The molecule has 1 saturated carbocycles. The molecule has 5 rings (SSSR count). The summed E-state index contributed by atoms with van der Waals surface area (Å²) in [7, 11) is 0. The zero-order valence-electron chi connectivity index (χ0n) is 19.2. The Bertz CT molecular complexity index is 893. The van der Waals surface area contributed by atoms with Crippen LogP contribution in [0.1, 0.15) is 48.8 Å². The lowest BCUT2D eigenvalue weighted by Crippen LogP contribution is -2.42. The molecule has 2 nitrogen and oxygen atoms in total. The summed E-state index contributed by atoms with van der Waals surface area (Å²) in [5.74, 6) is 0. The molecule has 2 fully saturated rings. The van der Waals surface area contributed by atoms with Gasteiger partial charge in [0.2, 0.25) is 0 Å². The summed E-state index contributed by atoms with van der Waals surface area (Å²) in [6, 6.07) is 35.2. The van der Waals surface area contributed by atoms with Crippen molar-refractivity contribution >= 4 is 0 Å². The smallest absolute Gasteiger partial charge is 0.0386 e. The molecule has 0 spiro atoms. The molecule has 1 aliphatic carbocycles. The zero-order valence-corrected chi connectivity index (χ0v) is 19.2. The van der Waals surface area contributed by atoms with Crippen LogP contribution in [-0.4, -0.2) is 34.5 Å². The normalized spacial score (nSPS) is 22.0. The summed E-state index contributed by atoms with van der Waals surface area (Å²) >= 11 is 0. The molecule has 32 heavy (non-hydrogen) atoms. The Morgan fingerprint density at radius 3 is 1.69 bits per heavy atom. The summed E-state index contributed by atoms with van der Waals surface area (Å²) in [6.45, 7) is 3.27. The SMILES string of the molecule is c1ccc(C[C@@H]([C@@H]2CN2C2CCCCC2)N(Cc2ccccc2)Cc2ccccc2)cc1. The van der Waals surface area contributed by atoms with Crippen LogP contribution in [0.3, 0.4) is 0 Å². The first-order valence-corrected chi connectivity index (χ1v) is 12.5. The van der Waals surface area contributed by atoms with E-state index in [2.05, 4.69) is 101 Å². The van der Waals surface area contributed by atoms with Gasteiger partial charge < -0.3 is 0 Å². The molecule has 1 unspecified atom stereocenters. The lowest BCUT2D eigenvalue weighted by atomic mass is 9.95. The Balaban J connectivity index is 1.42. The van der Waals surface area contributed by atoms with Crippen molar-refractivity contribution in [1.82, 2.24) is 9.80 Å². The largest absolute Gasteiger partial charge is 0.293 e. The lowest BCUT2D eigenvalue weighted by Gasteiger charge is -2.34. The van der Waals surface area contributed by atoms with E-state index in [0.29, 0.717) is 12.1 Å². The van der Waals surface area contributed by atoms with Crippen molar-refractivity contribution in [2.75, 3.05) is 6.54 Å². The third kappa shape index (κ3) is 5.49. The fourth-order valence-corrected chi connectivity index (χ4v) is 5.63. The summed E-state index contributed by atoms with van der Waals surface area (Å²) < 4.78 is 0. The minimum absolute atomic E-state index is 0.528. The lowest BCUT2D eigenvalue weighted by molar-refractivity contribution is 0.147. The molecular weight excluding hydrogens is 388 g/mol. The van der Waals surface area contributed by atoms with E-state index >= 15 is 0 Å². The van der Waals surface area contributed by atoms with Gasteiger partial charge in [0, 0.05) is 37.8 Å². The highest BCUT2D eigenvalue weighted by atomic mass is 15.4. The van der Waals surface area contributed by atoms with E-state index in [1.165, 1.54) is 55.3 Å². The van der Waals surface area contributed by atoms with E-state index in [1.807, 2.05) is 0 Å². The van der Waals surface area contributed by atoms with Gasteiger partial charge in [-0.3, -0.25) is 9.80 Å². The van der Waals surface area contributed by atoms with E-state index in [9.17, 15) is 0 Å². The molecule has 2 aliphatic rings. The van der Waals surface area contributed by atoms with Crippen molar-refractivity contribution in [2.24, 2.45) is 0 Å². The monoisotopic (exact) mass is 424 g/mol. The molecule has 3 atom stereocenters. The third-order valence-corrected chi connectivity index (χ3v) is 7.39. The molecular formula is C30H36N2. The Hall–Kier alpha value is -2.42. The first kappa shape index (κ1) is 21.4. The van der Waals surface area contributed by atoms with Crippen LogP contribution in [0.4, 0.5) is 0 Å². The fourth-order valence-electron chi connectivity index (χ4n) is 5.63. The minimum atomic E-state index is 0.528. The quantitative estimate of drug-likeness (QED) is 0.371. The second-order valence-electron chi connectivity index (χ2n) is 9.69. The molecule has 0 bridgehead atoms. The van der Waals surface area contributed by atoms with E-state index in [4.69, 9.17) is 0 Å². The van der Waals surface area contributed by atoms with Crippen molar-refractivity contribution in [3.63, 3.8) is 0 Å². The van der Waals surface area contributed by atoms with Gasteiger partial charge in [-0.1, -0.05) is 110 Å². The van der Waals surface area contributed by atoms with Gasteiger partial charge in [-0.2, -0.15) is 0 Å². The summed E-state index contributed by atoms with van der Waals surface area (Å²) in [5, 5.41) is 0. The van der Waals surface area contributed by atoms with Gasteiger partial charge in [0.05, 0.1) is 0 Å². The van der Waals surface area contributed by atoms with Crippen molar-refractivity contribution in [2.45, 2.75) is 69.7 Å². The average molecular weight is 425 g/mol. The van der Waals surface area contributed by atoms with Crippen molar-refractivity contribution in [3.05, 3.63) is 108 Å². The Labute approximate surface area is 193 Å². The summed E-state index contributed by atoms with van der Waals surface area (Å²) in [6.07, 6.45) is 8.16. The van der Waals surface area contributed by atoms with Gasteiger partial charge in [0.1, 0.15) is 0 Å². The van der Waals surface area contributed by atoms with E-state index in [-0.39, 0.29) is 0 Å².